The lowest BCUT2D eigenvalue weighted by atomic mass is 10.0. The van der Waals surface area contributed by atoms with E-state index in [1.165, 1.54) is 5.56 Å². The van der Waals surface area contributed by atoms with E-state index < -0.39 is 0 Å². The molecule has 2 aromatic carbocycles. The van der Waals surface area contributed by atoms with Crippen molar-refractivity contribution in [2.75, 3.05) is 37.9 Å². The summed E-state index contributed by atoms with van der Waals surface area (Å²) in [7, 11) is 0. The van der Waals surface area contributed by atoms with Gasteiger partial charge in [-0.25, -0.2) is 0 Å². The molecule has 0 radical (unpaired) electrons. The SMILES string of the molecule is CSc1ccccc1NC(=O)CN1CCC[C@@H]1c1ccc2c(c1)OCCO2. The maximum Gasteiger partial charge on any atom is 0.238 e. The number of likely N-dealkylation sites (tertiary alicyclic amines) is 1. The lowest BCUT2D eigenvalue weighted by Crippen LogP contribution is -2.33. The summed E-state index contributed by atoms with van der Waals surface area (Å²) in [5.41, 5.74) is 2.07. The van der Waals surface area contributed by atoms with Gasteiger partial charge < -0.3 is 14.8 Å². The zero-order chi connectivity index (χ0) is 18.6. The number of para-hydroxylation sites is 1. The highest BCUT2D eigenvalue weighted by molar-refractivity contribution is 7.98. The topological polar surface area (TPSA) is 50.8 Å². The van der Waals surface area contributed by atoms with Crippen LogP contribution in [0.25, 0.3) is 0 Å². The van der Waals surface area contributed by atoms with Crippen LogP contribution in [0.4, 0.5) is 5.69 Å². The summed E-state index contributed by atoms with van der Waals surface area (Å²) >= 11 is 1.64. The monoisotopic (exact) mass is 384 g/mol. The number of carbonyl (C=O) groups is 1. The molecule has 2 heterocycles. The fourth-order valence-electron chi connectivity index (χ4n) is 3.78. The van der Waals surface area contributed by atoms with E-state index in [1.54, 1.807) is 11.8 Å². The van der Waals surface area contributed by atoms with Gasteiger partial charge in [-0.15, -0.1) is 11.8 Å². The van der Waals surface area contributed by atoms with Crippen molar-refractivity contribution in [1.82, 2.24) is 4.90 Å². The molecule has 0 bridgehead atoms. The van der Waals surface area contributed by atoms with E-state index in [0.717, 1.165) is 41.5 Å². The van der Waals surface area contributed by atoms with Crippen molar-refractivity contribution in [2.45, 2.75) is 23.8 Å². The quantitative estimate of drug-likeness (QED) is 0.791. The van der Waals surface area contributed by atoms with Crippen LogP contribution in [0.1, 0.15) is 24.4 Å². The van der Waals surface area contributed by atoms with Crippen LogP contribution in [0.3, 0.4) is 0 Å². The second kappa shape index (κ2) is 8.23. The highest BCUT2D eigenvalue weighted by Crippen LogP contribution is 2.38. The van der Waals surface area contributed by atoms with Crippen LogP contribution >= 0.6 is 11.8 Å². The molecule has 5 nitrogen and oxygen atoms in total. The maximum absolute atomic E-state index is 12.6. The number of hydrogen-bond acceptors (Lipinski definition) is 5. The molecule has 0 saturated carbocycles. The molecular formula is C21H24N2O3S. The van der Waals surface area contributed by atoms with Crippen LogP contribution in [0, 0.1) is 0 Å². The zero-order valence-electron chi connectivity index (χ0n) is 15.4. The Morgan fingerprint density at radius 1 is 1.19 bits per heavy atom. The second-order valence-corrected chi connectivity index (χ2v) is 7.63. The molecule has 6 heteroatoms. The van der Waals surface area contributed by atoms with Crippen LogP contribution in [0.2, 0.25) is 0 Å². The van der Waals surface area contributed by atoms with Gasteiger partial charge in [-0.1, -0.05) is 18.2 Å². The fraction of sp³-hybridized carbons (Fsp3) is 0.381. The van der Waals surface area contributed by atoms with E-state index in [4.69, 9.17) is 9.47 Å². The average Bonchev–Trinajstić information content (AvgIpc) is 3.16. The van der Waals surface area contributed by atoms with E-state index in [1.807, 2.05) is 36.6 Å². The molecule has 1 saturated heterocycles. The molecule has 1 fully saturated rings. The molecule has 2 aliphatic rings. The van der Waals surface area contributed by atoms with Gasteiger partial charge >= 0.3 is 0 Å². The number of nitrogens with one attached hydrogen (secondary N) is 1. The molecule has 0 spiro atoms. The summed E-state index contributed by atoms with van der Waals surface area (Å²) in [4.78, 5) is 16.0. The Balaban J connectivity index is 1.45. The first-order valence-electron chi connectivity index (χ1n) is 9.31. The molecule has 4 rings (SSSR count). The van der Waals surface area contributed by atoms with Crippen molar-refractivity contribution in [3.8, 4) is 11.5 Å². The lowest BCUT2D eigenvalue weighted by Gasteiger charge is -2.26. The van der Waals surface area contributed by atoms with E-state index in [0.29, 0.717) is 19.8 Å². The summed E-state index contributed by atoms with van der Waals surface area (Å²) in [6, 6.07) is 14.3. The third-order valence-electron chi connectivity index (χ3n) is 5.04. The smallest absolute Gasteiger partial charge is 0.238 e. The molecule has 0 aromatic heterocycles. The fourth-order valence-corrected chi connectivity index (χ4v) is 4.34. The predicted octanol–water partition coefficient (Wildman–Crippen LogP) is 3.96. The molecule has 2 aromatic rings. The van der Waals surface area contributed by atoms with Gasteiger partial charge in [0.15, 0.2) is 11.5 Å². The highest BCUT2D eigenvalue weighted by atomic mass is 32.2. The summed E-state index contributed by atoms with van der Waals surface area (Å²) in [5.74, 6) is 1.64. The van der Waals surface area contributed by atoms with Crippen molar-refractivity contribution in [1.29, 1.82) is 0 Å². The Hall–Kier alpha value is -2.18. The van der Waals surface area contributed by atoms with Crippen molar-refractivity contribution >= 4 is 23.4 Å². The second-order valence-electron chi connectivity index (χ2n) is 6.78. The Morgan fingerprint density at radius 2 is 2.00 bits per heavy atom. The van der Waals surface area contributed by atoms with Gasteiger partial charge in [-0.2, -0.15) is 0 Å². The number of nitrogens with zero attached hydrogens (tertiary/aromatic N) is 1. The number of hydrogen-bond donors (Lipinski definition) is 1. The van der Waals surface area contributed by atoms with Crippen molar-refractivity contribution < 1.29 is 14.3 Å². The molecule has 142 valence electrons. The van der Waals surface area contributed by atoms with Crippen LogP contribution in [0.5, 0.6) is 11.5 Å². The first kappa shape index (κ1) is 18.2. The first-order chi connectivity index (χ1) is 13.2. The first-order valence-corrected chi connectivity index (χ1v) is 10.5. The number of thioether (sulfide) groups is 1. The standard InChI is InChI=1S/C21H24N2O3S/c1-27-20-7-3-2-5-16(20)22-21(24)14-23-10-4-6-17(23)15-8-9-18-19(13-15)26-12-11-25-18/h2-3,5,7-9,13,17H,4,6,10-12,14H2,1H3,(H,22,24)/t17-/m1/s1. The van der Waals surface area contributed by atoms with E-state index in [9.17, 15) is 4.79 Å². The minimum Gasteiger partial charge on any atom is -0.486 e. The third kappa shape index (κ3) is 4.06. The number of fused-ring (bicyclic) bond motifs is 1. The van der Waals surface area contributed by atoms with Crippen molar-refractivity contribution in [3.05, 3.63) is 48.0 Å². The van der Waals surface area contributed by atoms with Gasteiger partial charge in [0.05, 0.1) is 12.2 Å². The Kier molecular flexibility index (Phi) is 5.55. The molecule has 1 N–H and O–H groups in total. The van der Waals surface area contributed by atoms with Gasteiger partial charge in [-0.3, -0.25) is 9.69 Å². The van der Waals surface area contributed by atoms with E-state index in [2.05, 4.69) is 22.3 Å². The number of ether oxygens (including phenoxy) is 2. The normalized spacial score (nSPS) is 19.1. The molecule has 0 unspecified atom stereocenters. The largest absolute Gasteiger partial charge is 0.486 e. The summed E-state index contributed by atoms with van der Waals surface area (Å²) < 4.78 is 11.3. The van der Waals surface area contributed by atoms with Crippen LogP contribution in [0.15, 0.2) is 47.4 Å². The summed E-state index contributed by atoms with van der Waals surface area (Å²) in [6.07, 6.45) is 4.16. The van der Waals surface area contributed by atoms with Crippen LogP contribution in [-0.2, 0) is 4.79 Å². The van der Waals surface area contributed by atoms with Gasteiger partial charge in [0, 0.05) is 10.9 Å². The zero-order valence-corrected chi connectivity index (χ0v) is 16.3. The molecule has 1 amide bonds. The highest BCUT2D eigenvalue weighted by Gasteiger charge is 2.28. The van der Waals surface area contributed by atoms with Crippen molar-refractivity contribution in [3.63, 3.8) is 0 Å². The van der Waals surface area contributed by atoms with E-state index in [-0.39, 0.29) is 11.9 Å². The molecule has 27 heavy (non-hydrogen) atoms. The van der Waals surface area contributed by atoms with E-state index >= 15 is 0 Å². The maximum atomic E-state index is 12.6. The molecule has 2 aliphatic heterocycles. The molecule has 0 aliphatic carbocycles. The minimum atomic E-state index is 0.0287. The number of rotatable bonds is 5. The number of anilines is 1. The Labute approximate surface area is 164 Å². The van der Waals surface area contributed by atoms with Gasteiger partial charge in [0.25, 0.3) is 0 Å². The number of carbonyl (C=O) groups excluding carboxylic acids is 1. The van der Waals surface area contributed by atoms with Gasteiger partial charge in [-0.05, 0) is 55.5 Å². The summed E-state index contributed by atoms with van der Waals surface area (Å²) in [5, 5.41) is 3.06. The Bertz CT molecular complexity index is 827. The number of amides is 1. The summed E-state index contributed by atoms with van der Waals surface area (Å²) in [6.45, 7) is 2.50. The van der Waals surface area contributed by atoms with Gasteiger partial charge in [0.1, 0.15) is 13.2 Å². The molecular weight excluding hydrogens is 360 g/mol. The third-order valence-corrected chi connectivity index (χ3v) is 5.84. The number of benzene rings is 2. The van der Waals surface area contributed by atoms with Crippen LogP contribution in [-0.4, -0.2) is 43.4 Å². The average molecular weight is 385 g/mol. The lowest BCUT2D eigenvalue weighted by molar-refractivity contribution is -0.117. The van der Waals surface area contributed by atoms with Gasteiger partial charge in [0.2, 0.25) is 5.91 Å². The minimum absolute atomic E-state index is 0.0287. The molecule has 1 atom stereocenters. The van der Waals surface area contributed by atoms with Crippen molar-refractivity contribution in [2.24, 2.45) is 0 Å². The predicted molar refractivity (Wildman–Crippen MR) is 108 cm³/mol. The Morgan fingerprint density at radius 3 is 2.85 bits per heavy atom. The van der Waals surface area contributed by atoms with Crippen LogP contribution < -0.4 is 14.8 Å².